The van der Waals surface area contributed by atoms with Crippen molar-refractivity contribution < 1.29 is 50.0 Å². The van der Waals surface area contributed by atoms with Crippen LogP contribution < -0.4 is 5.32 Å². The SMILES string of the molecule is CCCCCCCCCCCCCC/C=C\CCCCCCCCC(O)C(=O)NC(COC1OC(CO)C(O)C(O)C1O)C(O)C(O)CCC/C=C/CCCCCCCCCCCCCCCCCCCCC. The second kappa shape index (κ2) is 51.4. The lowest BCUT2D eigenvalue weighted by Gasteiger charge is -2.40. The van der Waals surface area contributed by atoms with E-state index in [4.69, 9.17) is 9.47 Å². The summed E-state index contributed by atoms with van der Waals surface area (Å²) in [6.45, 7) is 3.48. The maximum absolute atomic E-state index is 13.2. The monoisotopic (exact) mass is 1040 g/mol. The molecule has 0 aromatic rings. The van der Waals surface area contributed by atoms with Gasteiger partial charge >= 0.3 is 0 Å². The van der Waals surface area contributed by atoms with Gasteiger partial charge < -0.3 is 50.5 Å². The van der Waals surface area contributed by atoms with Crippen molar-refractivity contribution in [3.63, 3.8) is 0 Å². The first-order valence-corrected chi connectivity index (χ1v) is 31.2. The smallest absolute Gasteiger partial charge is 0.249 e. The van der Waals surface area contributed by atoms with Crippen LogP contribution in [0.2, 0.25) is 0 Å². The van der Waals surface area contributed by atoms with E-state index in [2.05, 4.69) is 43.5 Å². The van der Waals surface area contributed by atoms with Crippen molar-refractivity contribution in [1.82, 2.24) is 5.32 Å². The van der Waals surface area contributed by atoms with Gasteiger partial charge in [0.15, 0.2) is 6.29 Å². The van der Waals surface area contributed by atoms with Crippen molar-refractivity contribution in [2.24, 2.45) is 0 Å². The van der Waals surface area contributed by atoms with Gasteiger partial charge in [0.2, 0.25) is 5.91 Å². The van der Waals surface area contributed by atoms with Gasteiger partial charge in [-0.05, 0) is 64.2 Å². The van der Waals surface area contributed by atoms with Crippen LogP contribution in [-0.2, 0) is 14.3 Å². The van der Waals surface area contributed by atoms with Crippen molar-refractivity contribution in [2.75, 3.05) is 13.2 Å². The zero-order chi connectivity index (χ0) is 53.3. The maximum atomic E-state index is 13.2. The van der Waals surface area contributed by atoms with Gasteiger partial charge in [0, 0.05) is 0 Å². The second-order valence-electron chi connectivity index (χ2n) is 22.1. The van der Waals surface area contributed by atoms with Gasteiger partial charge in [0.1, 0.15) is 36.6 Å². The number of allylic oxidation sites excluding steroid dienone is 4. The van der Waals surface area contributed by atoms with Crippen LogP contribution in [0.15, 0.2) is 24.3 Å². The molecule has 432 valence electrons. The first-order valence-electron chi connectivity index (χ1n) is 31.2. The van der Waals surface area contributed by atoms with Crippen molar-refractivity contribution in [2.45, 2.75) is 351 Å². The highest BCUT2D eigenvalue weighted by atomic mass is 16.7. The molecule has 1 fully saturated rings. The molecule has 9 atom stereocenters. The normalized spacial score (nSPS) is 20.0. The molecule has 0 bridgehead atoms. The molecule has 1 amide bonds. The summed E-state index contributed by atoms with van der Waals surface area (Å²) in [6.07, 6.45) is 51.0. The van der Waals surface area contributed by atoms with Crippen molar-refractivity contribution in [3.8, 4) is 0 Å². The minimum Gasteiger partial charge on any atom is -0.394 e. The van der Waals surface area contributed by atoms with Gasteiger partial charge in [0.05, 0.1) is 25.4 Å². The molecule has 0 aliphatic carbocycles. The van der Waals surface area contributed by atoms with Gasteiger partial charge in [0.25, 0.3) is 0 Å². The molecule has 0 aromatic carbocycles. The van der Waals surface area contributed by atoms with Crippen molar-refractivity contribution in [3.05, 3.63) is 24.3 Å². The number of carbonyl (C=O) groups excluding carboxylic acids is 1. The Kier molecular flexibility index (Phi) is 49.0. The number of ether oxygens (including phenoxy) is 2. The molecule has 0 radical (unpaired) electrons. The molecule has 73 heavy (non-hydrogen) atoms. The van der Waals surface area contributed by atoms with Crippen LogP contribution in [0, 0.1) is 0 Å². The molecule has 1 rings (SSSR count). The third-order valence-corrected chi connectivity index (χ3v) is 15.2. The first kappa shape index (κ1) is 69.6. The van der Waals surface area contributed by atoms with Crippen LogP contribution in [0.1, 0.15) is 296 Å². The molecule has 0 saturated carbocycles. The molecule has 11 heteroatoms. The van der Waals surface area contributed by atoms with Crippen LogP contribution in [0.25, 0.3) is 0 Å². The number of aliphatic hydroxyl groups is 7. The highest BCUT2D eigenvalue weighted by molar-refractivity contribution is 5.80. The maximum Gasteiger partial charge on any atom is 0.249 e. The first-order chi connectivity index (χ1) is 35.7. The largest absolute Gasteiger partial charge is 0.394 e. The third kappa shape index (κ3) is 39.6. The Hall–Kier alpha value is -1.41. The lowest BCUT2D eigenvalue weighted by molar-refractivity contribution is -0.303. The lowest BCUT2D eigenvalue weighted by Crippen LogP contribution is -2.60. The summed E-state index contributed by atoms with van der Waals surface area (Å²) in [7, 11) is 0. The van der Waals surface area contributed by atoms with Crippen LogP contribution in [-0.4, -0.2) is 110 Å². The van der Waals surface area contributed by atoms with E-state index in [1.165, 1.54) is 199 Å². The van der Waals surface area contributed by atoms with Crippen molar-refractivity contribution >= 4 is 5.91 Å². The highest BCUT2D eigenvalue weighted by Gasteiger charge is 2.44. The number of amides is 1. The Labute approximate surface area is 448 Å². The quantitative estimate of drug-likeness (QED) is 0.0215. The number of unbranched alkanes of at least 4 members (excludes halogenated alkanes) is 38. The molecule has 0 spiro atoms. The number of aliphatic hydroxyl groups excluding tert-OH is 7. The zero-order valence-corrected chi connectivity index (χ0v) is 47.4. The van der Waals surface area contributed by atoms with Gasteiger partial charge in [-0.15, -0.1) is 0 Å². The second-order valence-corrected chi connectivity index (χ2v) is 22.1. The Morgan fingerprint density at radius 1 is 0.466 bits per heavy atom. The Morgan fingerprint density at radius 3 is 1.18 bits per heavy atom. The fourth-order valence-corrected chi connectivity index (χ4v) is 10.1. The van der Waals surface area contributed by atoms with E-state index in [-0.39, 0.29) is 12.8 Å². The highest BCUT2D eigenvalue weighted by Crippen LogP contribution is 2.23. The van der Waals surface area contributed by atoms with Crippen molar-refractivity contribution in [1.29, 1.82) is 0 Å². The van der Waals surface area contributed by atoms with E-state index in [1.54, 1.807) is 0 Å². The molecule has 1 aliphatic rings. The zero-order valence-electron chi connectivity index (χ0n) is 47.4. The number of hydrogen-bond donors (Lipinski definition) is 8. The third-order valence-electron chi connectivity index (χ3n) is 15.2. The average Bonchev–Trinajstić information content (AvgIpc) is 3.39. The van der Waals surface area contributed by atoms with Crippen LogP contribution in [0.3, 0.4) is 0 Å². The molecular weight excluding hydrogens is 919 g/mol. The minimum absolute atomic E-state index is 0.249. The lowest BCUT2D eigenvalue weighted by atomic mass is 9.98. The van der Waals surface area contributed by atoms with E-state index < -0.39 is 74.2 Å². The fourth-order valence-electron chi connectivity index (χ4n) is 10.1. The number of hydrogen-bond acceptors (Lipinski definition) is 10. The van der Waals surface area contributed by atoms with E-state index >= 15 is 0 Å². The van der Waals surface area contributed by atoms with Crippen LogP contribution in [0.5, 0.6) is 0 Å². The van der Waals surface area contributed by atoms with Gasteiger partial charge in [-0.2, -0.15) is 0 Å². The average molecular weight is 1040 g/mol. The minimum atomic E-state index is -1.67. The Bertz CT molecular complexity index is 1240. The van der Waals surface area contributed by atoms with E-state index in [1.807, 2.05) is 0 Å². The van der Waals surface area contributed by atoms with E-state index in [9.17, 15) is 40.5 Å². The molecule has 1 aliphatic heterocycles. The van der Waals surface area contributed by atoms with Crippen LogP contribution >= 0.6 is 0 Å². The molecule has 1 saturated heterocycles. The summed E-state index contributed by atoms with van der Waals surface area (Å²) in [5, 5.41) is 76.3. The van der Waals surface area contributed by atoms with Gasteiger partial charge in [-0.3, -0.25) is 4.79 Å². The summed E-state index contributed by atoms with van der Waals surface area (Å²) >= 11 is 0. The summed E-state index contributed by atoms with van der Waals surface area (Å²) in [6, 6.07) is -1.19. The Balaban J connectivity index is 2.30. The molecular formula is C62H119NO10. The fraction of sp³-hybridized carbons (Fsp3) is 0.919. The van der Waals surface area contributed by atoms with Gasteiger partial charge in [-0.1, -0.05) is 256 Å². The van der Waals surface area contributed by atoms with Crippen LogP contribution in [0.4, 0.5) is 0 Å². The molecule has 0 aromatic heterocycles. The number of nitrogens with one attached hydrogen (secondary N) is 1. The standard InChI is InChI=1S/C62H119NO10/c1-3-5-7-9-11-13-15-17-19-21-23-25-27-28-30-31-33-35-37-39-41-43-45-47-49-54(65)57(67)53(52-72-62-60(70)59(69)58(68)56(51-64)73-62)63-61(71)55(66)50-48-46-44-42-40-38-36-34-32-29-26-24-22-20-18-16-14-12-10-8-6-4-2/h32,34,41,43,53-60,62,64-70H,3-31,33,35-40,42,44-52H2,1-2H3,(H,63,71)/b34-32-,43-41+. The number of carbonyl (C=O) groups is 1. The summed E-state index contributed by atoms with van der Waals surface area (Å²) in [5.41, 5.74) is 0. The van der Waals surface area contributed by atoms with Gasteiger partial charge in [-0.25, -0.2) is 0 Å². The predicted octanol–water partition coefficient (Wildman–Crippen LogP) is 13.7. The topological polar surface area (TPSA) is 189 Å². The van der Waals surface area contributed by atoms with E-state index in [0.717, 1.165) is 57.8 Å². The molecule has 9 unspecified atom stereocenters. The molecule has 11 nitrogen and oxygen atoms in total. The summed E-state index contributed by atoms with van der Waals surface area (Å²) < 4.78 is 11.2. The predicted molar refractivity (Wildman–Crippen MR) is 302 cm³/mol. The van der Waals surface area contributed by atoms with E-state index in [0.29, 0.717) is 12.8 Å². The number of rotatable bonds is 54. The molecule has 1 heterocycles. The Morgan fingerprint density at radius 2 is 0.808 bits per heavy atom. The molecule has 8 N–H and O–H groups in total. The summed E-state index contributed by atoms with van der Waals surface area (Å²) in [5.74, 6) is -0.707. The summed E-state index contributed by atoms with van der Waals surface area (Å²) in [4.78, 5) is 13.2.